The number of rotatable bonds is 1. The Bertz CT molecular complexity index is 273. The molecule has 0 aromatic carbocycles. The first-order valence-electron chi connectivity index (χ1n) is 2.95. The molecule has 0 bridgehead atoms. The molecule has 11 heavy (non-hydrogen) atoms. The molecule has 1 radical (unpaired) electrons. The van der Waals surface area contributed by atoms with Crippen LogP contribution in [0.5, 0.6) is 0 Å². The second-order valence-electron chi connectivity index (χ2n) is 1.86. The maximum absolute atomic E-state index is 10.9. The van der Waals surface area contributed by atoms with Crippen molar-refractivity contribution in [1.82, 2.24) is 4.98 Å². The zero-order chi connectivity index (χ0) is 8.27. The van der Waals surface area contributed by atoms with E-state index in [2.05, 4.69) is 15.8 Å². The van der Waals surface area contributed by atoms with Crippen LogP contribution >= 0.6 is 0 Å². The summed E-state index contributed by atoms with van der Waals surface area (Å²) in [6.45, 7) is 0. The molecule has 0 aliphatic rings. The molecule has 1 heterocycles. The predicted molar refractivity (Wildman–Crippen MR) is 38.8 cm³/mol. The molecule has 0 atom stereocenters. The topological polar surface area (TPSA) is 65.2 Å². The minimum Gasteiger partial charge on any atom is -0.465 e. The van der Waals surface area contributed by atoms with Gasteiger partial charge in [0.15, 0.2) is 0 Å². The summed E-state index contributed by atoms with van der Waals surface area (Å²) in [6.07, 6.45) is 1.39. The second-order valence-corrected chi connectivity index (χ2v) is 1.86. The number of nitrogen functional groups attached to an aromatic ring is 1. The number of anilines is 1. The lowest BCUT2D eigenvalue weighted by Crippen LogP contribution is -2.06. The van der Waals surface area contributed by atoms with Gasteiger partial charge in [-0.25, -0.2) is 9.78 Å². The fourth-order valence-electron chi connectivity index (χ4n) is 0.644. The van der Waals surface area contributed by atoms with Gasteiger partial charge in [0.25, 0.3) is 0 Å². The minimum atomic E-state index is -0.494. The van der Waals surface area contributed by atoms with Gasteiger partial charge >= 0.3 is 5.97 Å². The van der Waals surface area contributed by atoms with Crippen molar-refractivity contribution in [1.29, 1.82) is 0 Å². The highest BCUT2D eigenvalue weighted by Crippen LogP contribution is 2.06. The first kappa shape index (κ1) is 7.53. The lowest BCUT2D eigenvalue weighted by atomic mass is 10.2. The van der Waals surface area contributed by atoms with Crippen LogP contribution in [0, 0.1) is 6.07 Å². The van der Waals surface area contributed by atoms with Crippen LogP contribution in [0.1, 0.15) is 10.4 Å². The van der Waals surface area contributed by atoms with Crippen LogP contribution in [0.2, 0.25) is 0 Å². The molecule has 0 aliphatic heterocycles. The van der Waals surface area contributed by atoms with Crippen molar-refractivity contribution < 1.29 is 9.53 Å². The summed E-state index contributed by atoms with van der Waals surface area (Å²) in [5.41, 5.74) is 5.61. The number of ether oxygens (including phenoxy) is 1. The smallest absolute Gasteiger partial charge is 0.341 e. The lowest BCUT2D eigenvalue weighted by molar-refractivity contribution is 0.0601. The Morgan fingerprint density at radius 2 is 2.55 bits per heavy atom. The third-order valence-corrected chi connectivity index (χ3v) is 1.19. The summed E-state index contributed by atoms with van der Waals surface area (Å²) in [6, 6.07) is 4.06. The molecule has 0 amide bonds. The van der Waals surface area contributed by atoms with Gasteiger partial charge in [0.2, 0.25) is 0 Å². The number of nitrogens with two attached hydrogens (primary N) is 1. The van der Waals surface area contributed by atoms with Crippen LogP contribution in [0.3, 0.4) is 0 Å². The fourth-order valence-corrected chi connectivity index (χ4v) is 0.644. The normalized spacial score (nSPS) is 9.18. The highest BCUT2D eigenvalue weighted by molar-refractivity contribution is 5.93. The molecule has 57 valence electrons. The summed E-state index contributed by atoms with van der Waals surface area (Å²) >= 11 is 0. The monoisotopic (exact) mass is 151 g/mol. The zero-order valence-electron chi connectivity index (χ0n) is 6.00. The number of methoxy groups -OCH3 is 1. The summed E-state index contributed by atoms with van der Waals surface area (Å²) in [5, 5.41) is 0. The molecule has 0 spiro atoms. The van der Waals surface area contributed by atoms with Gasteiger partial charge in [0.05, 0.1) is 7.11 Å². The second kappa shape index (κ2) is 3.01. The SMILES string of the molecule is COC(=O)c1c[c]cnc1N. The van der Waals surface area contributed by atoms with Crippen molar-refractivity contribution in [2.75, 3.05) is 12.8 Å². The van der Waals surface area contributed by atoms with Crippen LogP contribution in [0.25, 0.3) is 0 Å². The van der Waals surface area contributed by atoms with E-state index in [1.54, 1.807) is 0 Å². The zero-order valence-corrected chi connectivity index (χ0v) is 6.00. The van der Waals surface area contributed by atoms with Gasteiger partial charge < -0.3 is 10.5 Å². The van der Waals surface area contributed by atoms with E-state index >= 15 is 0 Å². The van der Waals surface area contributed by atoms with Crippen LogP contribution in [0.4, 0.5) is 5.82 Å². The van der Waals surface area contributed by atoms with Crippen molar-refractivity contribution >= 4 is 11.8 Å². The van der Waals surface area contributed by atoms with E-state index in [-0.39, 0.29) is 11.4 Å². The largest absolute Gasteiger partial charge is 0.465 e. The fraction of sp³-hybridized carbons (Fsp3) is 0.143. The Balaban J connectivity index is 3.03. The highest BCUT2D eigenvalue weighted by Gasteiger charge is 2.08. The van der Waals surface area contributed by atoms with Crippen LogP contribution < -0.4 is 5.73 Å². The summed E-state index contributed by atoms with van der Waals surface area (Å²) in [5.74, 6) is -0.331. The Morgan fingerprint density at radius 3 is 3.09 bits per heavy atom. The number of nitrogens with zero attached hydrogens (tertiary/aromatic N) is 1. The van der Waals surface area contributed by atoms with Crippen LogP contribution in [0.15, 0.2) is 12.3 Å². The number of aromatic nitrogens is 1. The maximum atomic E-state index is 10.9. The number of carbonyl (C=O) groups is 1. The van der Waals surface area contributed by atoms with Crippen LogP contribution in [-0.2, 0) is 4.74 Å². The molecule has 4 nitrogen and oxygen atoms in total. The highest BCUT2D eigenvalue weighted by atomic mass is 16.5. The standard InChI is InChI=1S/C7H7N2O2/c1-11-7(10)5-3-2-4-9-6(5)8/h3-4H,1H3,(H2,8,9). The number of carbonyl (C=O) groups excluding carboxylic acids is 1. The summed E-state index contributed by atoms with van der Waals surface area (Å²) in [7, 11) is 1.29. The molecule has 0 unspecified atom stereocenters. The molecular formula is C7H7N2O2. The molecule has 1 aromatic rings. The Morgan fingerprint density at radius 1 is 1.82 bits per heavy atom. The number of hydrogen-bond acceptors (Lipinski definition) is 4. The van der Waals surface area contributed by atoms with Crippen molar-refractivity contribution in [3.8, 4) is 0 Å². The molecule has 1 aromatic heterocycles. The Hall–Kier alpha value is -1.58. The Kier molecular flexibility index (Phi) is 2.06. The molecule has 0 saturated carbocycles. The molecule has 0 fully saturated rings. The van der Waals surface area contributed by atoms with Gasteiger partial charge in [-0.2, -0.15) is 0 Å². The summed E-state index contributed by atoms with van der Waals surface area (Å²) < 4.78 is 4.44. The third-order valence-electron chi connectivity index (χ3n) is 1.19. The van der Waals surface area contributed by atoms with Gasteiger partial charge in [-0.05, 0) is 6.07 Å². The Labute approximate surface area is 64.0 Å². The molecule has 0 aliphatic carbocycles. The van der Waals surface area contributed by atoms with E-state index in [1.807, 2.05) is 0 Å². The molecule has 2 N–H and O–H groups in total. The van der Waals surface area contributed by atoms with E-state index in [0.717, 1.165) is 0 Å². The molecule has 0 saturated heterocycles. The van der Waals surface area contributed by atoms with Gasteiger partial charge in [-0.1, -0.05) is 0 Å². The maximum Gasteiger partial charge on any atom is 0.341 e. The van der Waals surface area contributed by atoms with E-state index in [0.29, 0.717) is 0 Å². The van der Waals surface area contributed by atoms with Crippen LogP contribution in [-0.4, -0.2) is 18.1 Å². The van der Waals surface area contributed by atoms with Gasteiger partial charge in [-0.15, -0.1) is 0 Å². The first-order valence-corrected chi connectivity index (χ1v) is 2.95. The average molecular weight is 151 g/mol. The number of esters is 1. The number of hydrogen-bond donors (Lipinski definition) is 1. The van der Waals surface area contributed by atoms with E-state index in [4.69, 9.17) is 5.73 Å². The average Bonchev–Trinajstić information content (AvgIpc) is 2.04. The van der Waals surface area contributed by atoms with E-state index in [9.17, 15) is 4.79 Å². The molecular weight excluding hydrogens is 144 g/mol. The third kappa shape index (κ3) is 1.46. The van der Waals surface area contributed by atoms with E-state index < -0.39 is 5.97 Å². The number of pyridine rings is 1. The predicted octanol–water partition coefficient (Wildman–Crippen LogP) is 0.251. The molecule has 4 heteroatoms. The summed E-state index contributed by atoms with van der Waals surface area (Å²) in [4.78, 5) is 14.5. The van der Waals surface area contributed by atoms with Crippen molar-refractivity contribution in [3.05, 3.63) is 23.9 Å². The van der Waals surface area contributed by atoms with Crippen molar-refractivity contribution in [3.63, 3.8) is 0 Å². The van der Waals surface area contributed by atoms with Crippen molar-refractivity contribution in [2.45, 2.75) is 0 Å². The molecule has 1 rings (SSSR count). The first-order chi connectivity index (χ1) is 5.25. The van der Waals surface area contributed by atoms with Gasteiger partial charge in [0, 0.05) is 12.3 Å². The van der Waals surface area contributed by atoms with Crippen molar-refractivity contribution in [2.24, 2.45) is 0 Å². The lowest BCUT2D eigenvalue weighted by Gasteiger charge is -1.99. The van der Waals surface area contributed by atoms with E-state index in [1.165, 1.54) is 19.4 Å². The quantitative estimate of drug-likeness (QED) is 0.584. The van der Waals surface area contributed by atoms with Gasteiger partial charge in [-0.3, -0.25) is 0 Å². The van der Waals surface area contributed by atoms with Gasteiger partial charge in [0.1, 0.15) is 11.4 Å². The minimum absolute atomic E-state index is 0.163.